The number of ether oxygens (including phenoxy) is 3. The number of amidine groups is 1. The molecule has 4 atom stereocenters. The molecule has 1 N–H and O–H groups in total. The SMILES string of the molecule is CN(C(=O)OC(C)(C)C)C1=NC2C(OC(=O)O)CC(CCl)OC2S1. The number of amides is 1. The van der Waals surface area contributed by atoms with Gasteiger partial charge in [0.2, 0.25) is 0 Å². The zero-order valence-corrected chi connectivity index (χ0v) is 15.5. The number of carbonyl (C=O) groups is 2. The highest BCUT2D eigenvalue weighted by Gasteiger charge is 2.46. The molecule has 0 aromatic heterocycles. The minimum absolute atomic E-state index is 0.223. The molecule has 1 amide bonds. The van der Waals surface area contributed by atoms with Crippen molar-refractivity contribution in [3.63, 3.8) is 0 Å². The molecule has 0 aromatic carbocycles. The summed E-state index contributed by atoms with van der Waals surface area (Å²) < 4.78 is 16.0. The first-order chi connectivity index (χ1) is 11.1. The molecule has 2 aliphatic rings. The molecule has 24 heavy (non-hydrogen) atoms. The summed E-state index contributed by atoms with van der Waals surface area (Å²) in [6.45, 7) is 5.31. The van der Waals surface area contributed by atoms with Crippen LogP contribution in [-0.4, -0.2) is 69.6 Å². The van der Waals surface area contributed by atoms with Gasteiger partial charge < -0.3 is 19.3 Å². The van der Waals surface area contributed by atoms with E-state index in [1.807, 2.05) is 0 Å². The Morgan fingerprint density at radius 2 is 2.17 bits per heavy atom. The molecule has 2 heterocycles. The molecule has 0 aromatic rings. The molecule has 1 saturated heterocycles. The molecule has 0 bridgehead atoms. The van der Waals surface area contributed by atoms with Crippen molar-refractivity contribution in [2.45, 2.75) is 56.5 Å². The first-order valence-corrected chi connectivity index (χ1v) is 8.84. The Balaban J connectivity index is 2.12. The van der Waals surface area contributed by atoms with E-state index in [1.165, 1.54) is 16.7 Å². The van der Waals surface area contributed by atoms with Crippen molar-refractivity contribution in [2.75, 3.05) is 12.9 Å². The zero-order chi connectivity index (χ0) is 18.1. The smallest absolute Gasteiger partial charge is 0.450 e. The molecule has 0 spiro atoms. The Hall–Kier alpha value is -1.19. The molecule has 2 aliphatic heterocycles. The van der Waals surface area contributed by atoms with Gasteiger partial charge in [-0.2, -0.15) is 0 Å². The summed E-state index contributed by atoms with van der Waals surface area (Å²) in [7, 11) is 1.54. The van der Waals surface area contributed by atoms with E-state index in [9.17, 15) is 9.59 Å². The van der Waals surface area contributed by atoms with E-state index in [-0.39, 0.29) is 12.0 Å². The van der Waals surface area contributed by atoms with E-state index in [1.54, 1.807) is 27.8 Å². The second-order valence-corrected chi connectivity index (χ2v) is 7.87. The van der Waals surface area contributed by atoms with Crippen LogP contribution in [0.3, 0.4) is 0 Å². The van der Waals surface area contributed by atoms with Crippen molar-refractivity contribution in [3.8, 4) is 0 Å². The third-order valence-corrected chi connectivity index (χ3v) is 4.90. The number of hydrogen-bond acceptors (Lipinski definition) is 7. The van der Waals surface area contributed by atoms with E-state index >= 15 is 0 Å². The Labute approximate surface area is 149 Å². The maximum Gasteiger partial charge on any atom is 0.506 e. The molecule has 0 saturated carbocycles. The molecule has 10 heteroatoms. The predicted molar refractivity (Wildman–Crippen MR) is 89.7 cm³/mol. The molecule has 2 rings (SSSR count). The van der Waals surface area contributed by atoms with E-state index < -0.39 is 35.4 Å². The number of nitrogens with zero attached hydrogens (tertiary/aromatic N) is 2. The lowest BCUT2D eigenvalue weighted by Gasteiger charge is -2.34. The fourth-order valence-corrected chi connectivity index (χ4v) is 3.73. The van der Waals surface area contributed by atoms with E-state index in [0.717, 1.165) is 0 Å². The van der Waals surface area contributed by atoms with Crippen LogP contribution in [0.5, 0.6) is 0 Å². The first kappa shape index (κ1) is 19.1. The Kier molecular flexibility index (Phi) is 5.87. The molecule has 0 radical (unpaired) electrons. The van der Waals surface area contributed by atoms with Gasteiger partial charge in [0, 0.05) is 19.3 Å². The lowest BCUT2D eigenvalue weighted by atomic mass is 10.0. The average Bonchev–Trinajstić information content (AvgIpc) is 2.87. The molecular formula is C14H21ClN2O6S. The van der Waals surface area contributed by atoms with Crippen molar-refractivity contribution >= 4 is 40.8 Å². The summed E-state index contributed by atoms with van der Waals surface area (Å²) in [6.07, 6.45) is -2.59. The van der Waals surface area contributed by atoms with Gasteiger partial charge in [-0.15, -0.1) is 11.6 Å². The topological polar surface area (TPSA) is 97.7 Å². The highest BCUT2D eigenvalue weighted by atomic mass is 35.5. The second kappa shape index (κ2) is 7.37. The minimum Gasteiger partial charge on any atom is -0.450 e. The quantitative estimate of drug-likeness (QED) is 0.581. The maximum atomic E-state index is 12.2. The van der Waals surface area contributed by atoms with Crippen molar-refractivity contribution in [1.29, 1.82) is 0 Å². The van der Waals surface area contributed by atoms with Crippen LogP contribution in [0.15, 0.2) is 4.99 Å². The molecule has 8 nitrogen and oxygen atoms in total. The van der Waals surface area contributed by atoms with Crippen molar-refractivity contribution in [1.82, 2.24) is 4.90 Å². The Bertz CT molecular complexity index is 538. The summed E-state index contributed by atoms with van der Waals surface area (Å²) in [6, 6.07) is -0.523. The van der Waals surface area contributed by atoms with Gasteiger partial charge in [-0.05, 0) is 20.8 Å². The third-order valence-electron chi connectivity index (χ3n) is 3.34. The van der Waals surface area contributed by atoms with Gasteiger partial charge in [0.05, 0.1) is 6.10 Å². The second-order valence-electron chi connectivity index (χ2n) is 6.50. The van der Waals surface area contributed by atoms with Crippen LogP contribution in [0.4, 0.5) is 9.59 Å². The van der Waals surface area contributed by atoms with Crippen LogP contribution < -0.4 is 0 Å². The zero-order valence-electron chi connectivity index (χ0n) is 13.9. The summed E-state index contributed by atoms with van der Waals surface area (Å²) in [5, 5.41) is 9.30. The van der Waals surface area contributed by atoms with Crippen LogP contribution in [0.1, 0.15) is 27.2 Å². The van der Waals surface area contributed by atoms with Crippen LogP contribution in [0.2, 0.25) is 0 Å². The Morgan fingerprint density at radius 3 is 2.71 bits per heavy atom. The van der Waals surface area contributed by atoms with Gasteiger partial charge in [-0.25, -0.2) is 9.59 Å². The average molecular weight is 381 g/mol. The number of thioether (sulfide) groups is 1. The third kappa shape index (κ3) is 4.67. The van der Waals surface area contributed by atoms with Crippen molar-refractivity contribution in [2.24, 2.45) is 4.99 Å². The number of carboxylic acid groups (broad SMARTS) is 1. The monoisotopic (exact) mass is 380 g/mol. The number of aliphatic imine (C=N–C) groups is 1. The number of hydrogen-bond donors (Lipinski definition) is 1. The standard InChI is InChI=1S/C14H21ClN2O6S/c1-14(2,3)23-12(18)17(4)11-16-9-8(22-13(19)20)5-7(6-15)21-10(9)24-11/h7-10H,5-6H2,1-4H3,(H,19,20). The number of carbonyl (C=O) groups excluding carboxylic acids is 1. The molecule has 136 valence electrons. The lowest BCUT2D eigenvalue weighted by molar-refractivity contribution is -0.0726. The fraction of sp³-hybridized carbons (Fsp3) is 0.786. The predicted octanol–water partition coefficient (Wildman–Crippen LogP) is 2.74. The molecule has 4 unspecified atom stereocenters. The first-order valence-electron chi connectivity index (χ1n) is 7.43. The number of alkyl halides is 1. The number of rotatable bonds is 2. The van der Waals surface area contributed by atoms with E-state index in [2.05, 4.69) is 4.99 Å². The van der Waals surface area contributed by atoms with Gasteiger partial charge in [-0.1, -0.05) is 11.8 Å². The van der Waals surface area contributed by atoms with Crippen molar-refractivity contribution < 1.29 is 28.9 Å². The summed E-state index contributed by atoms with van der Waals surface area (Å²) in [4.78, 5) is 28.7. The van der Waals surface area contributed by atoms with E-state index in [0.29, 0.717) is 11.6 Å². The normalized spacial score (nSPS) is 29.5. The van der Waals surface area contributed by atoms with Crippen LogP contribution in [0.25, 0.3) is 0 Å². The summed E-state index contributed by atoms with van der Waals surface area (Å²) in [5.74, 6) is 0.223. The highest BCUT2D eigenvalue weighted by Crippen LogP contribution is 2.38. The van der Waals surface area contributed by atoms with Crippen LogP contribution >= 0.6 is 23.4 Å². The Morgan fingerprint density at radius 1 is 1.50 bits per heavy atom. The summed E-state index contributed by atoms with van der Waals surface area (Å²) in [5.41, 5.74) is -1.08. The van der Waals surface area contributed by atoms with Gasteiger partial charge >= 0.3 is 12.2 Å². The summed E-state index contributed by atoms with van der Waals surface area (Å²) >= 11 is 7.06. The number of halogens is 1. The van der Waals surface area contributed by atoms with Crippen molar-refractivity contribution in [3.05, 3.63) is 0 Å². The lowest BCUT2D eigenvalue weighted by Crippen LogP contribution is -2.46. The van der Waals surface area contributed by atoms with Gasteiger partial charge in [0.25, 0.3) is 0 Å². The fourth-order valence-electron chi connectivity index (χ4n) is 2.32. The van der Waals surface area contributed by atoms with Crippen LogP contribution in [0, 0.1) is 0 Å². The molecular weight excluding hydrogens is 360 g/mol. The maximum absolute atomic E-state index is 12.2. The largest absolute Gasteiger partial charge is 0.506 e. The molecule has 0 aliphatic carbocycles. The van der Waals surface area contributed by atoms with E-state index in [4.69, 9.17) is 30.9 Å². The van der Waals surface area contributed by atoms with Crippen LogP contribution in [-0.2, 0) is 14.2 Å². The van der Waals surface area contributed by atoms with Gasteiger partial charge in [0.1, 0.15) is 23.2 Å². The van der Waals surface area contributed by atoms with Gasteiger partial charge in [-0.3, -0.25) is 9.89 Å². The minimum atomic E-state index is -1.37. The highest BCUT2D eigenvalue weighted by molar-refractivity contribution is 8.14. The molecule has 1 fully saturated rings. The van der Waals surface area contributed by atoms with Gasteiger partial charge in [0.15, 0.2) is 5.17 Å². The number of fused-ring (bicyclic) bond motifs is 1.